The van der Waals surface area contributed by atoms with E-state index in [0.717, 1.165) is 33.5 Å². The summed E-state index contributed by atoms with van der Waals surface area (Å²) in [7, 11) is 0. The number of aromatic nitrogens is 3. The van der Waals surface area contributed by atoms with Crippen LogP contribution in [0.25, 0.3) is 92.7 Å². The molecule has 0 saturated carbocycles. The minimum absolute atomic E-state index is 0.656. The van der Waals surface area contributed by atoms with Gasteiger partial charge in [0.15, 0.2) is 0 Å². The van der Waals surface area contributed by atoms with E-state index >= 15 is 0 Å². The maximum absolute atomic E-state index is 5.32. The van der Waals surface area contributed by atoms with Gasteiger partial charge in [-0.15, -0.1) is 11.3 Å². The summed E-state index contributed by atoms with van der Waals surface area (Å²) in [6.45, 7) is 0. The first-order valence-corrected chi connectivity index (χ1v) is 17.6. The monoisotopic (exact) mass is 655 g/mol. The fourth-order valence-corrected chi connectivity index (χ4v) is 8.47. The van der Waals surface area contributed by atoms with E-state index in [1.54, 1.807) is 0 Å². The SMILES string of the molecule is c1ccc(-c2ccc(-c3cc(-c4ccc(-c5ccccc5)cc4)nc(-n4c5ccccc5c5c6sc7ccccc7c6ccc54)n3)cc2)cc1. The molecule has 10 aromatic rings. The van der Waals surface area contributed by atoms with E-state index in [1.165, 1.54) is 53.2 Å². The predicted molar refractivity (Wildman–Crippen MR) is 211 cm³/mol. The molecular formula is C46H29N3S. The number of hydrogen-bond donors (Lipinski definition) is 0. The van der Waals surface area contributed by atoms with Gasteiger partial charge in [-0.3, -0.25) is 4.57 Å². The van der Waals surface area contributed by atoms with Gasteiger partial charge in [0.25, 0.3) is 0 Å². The highest BCUT2D eigenvalue weighted by atomic mass is 32.1. The third-order valence-electron chi connectivity index (χ3n) is 9.67. The molecule has 0 fully saturated rings. The number of fused-ring (bicyclic) bond motifs is 7. The summed E-state index contributed by atoms with van der Waals surface area (Å²) in [6.07, 6.45) is 0. The van der Waals surface area contributed by atoms with Gasteiger partial charge < -0.3 is 0 Å². The Morgan fingerprint density at radius 3 is 1.50 bits per heavy atom. The first kappa shape index (κ1) is 28.6. The Balaban J connectivity index is 1.19. The molecule has 0 aliphatic heterocycles. The topological polar surface area (TPSA) is 30.7 Å². The average Bonchev–Trinajstić information content (AvgIpc) is 3.74. The van der Waals surface area contributed by atoms with Crippen LogP contribution in [0.2, 0.25) is 0 Å². The number of para-hydroxylation sites is 1. The summed E-state index contributed by atoms with van der Waals surface area (Å²) in [5.41, 5.74) is 10.8. The van der Waals surface area contributed by atoms with Crippen LogP contribution in [0.5, 0.6) is 0 Å². The molecule has 0 radical (unpaired) electrons. The van der Waals surface area contributed by atoms with Gasteiger partial charge in [0.2, 0.25) is 5.95 Å². The normalized spacial score (nSPS) is 11.6. The van der Waals surface area contributed by atoms with E-state index in [0.29, 0.717) is 5.95 Å². The van der Waals surface area contributed by atoms with Crippen LogP contribution in [0.3, 0.4) is 0 Å². The Labute approximate surface area is 293 Å². The molecule has 234 valence electrons. The standard InChI is InChI=1S/C46H29N3S/c1-3-11-30(12-4-1)32-19-23-34(24-20-32)39-29-40(35-25-21-33(22-26-35)31-13-5-2-6-14-31)48-46(47-39)49-41-17-9-7-16-38(41)44-42(49)28-27-37-36-15-8-10-18-43(36)50-45(37)44/h1-29H. The Hall–Kier alpha value is -6.36. The number of rotatable bonds is 5. The summed E-state index contributed by atoms with van der Waals surface area (Å²) < 4.78 is 4.84. The van der Waals surface area contributed by atoms with Gasteiger partial charge in [-0.1, -0.05) is 152 Å². The zero-order chi connectivity index (χ0) is 33.0. The molecule has 4 heteroatoms. The van der Waals surface area contributed by atoms with Gasteiger partial charge in [0.05, 0.1) is 22.4 Å². The van der Waals surface area contributed by atoms with Crippen LogP contribution in [0.1, 0.15) is 0 Å². The van der Waals surface area contributed by atoms with Crippen LogP contribution in [0, 0.1) is 0 Å². The predicted octanol–water partition coefficient (Wildman–Crippen LogP) is 12.6. The molecule has 3 aromatic heterocycles. The second kappa shape index (κ2) is 11.7. The van der Waals surface area contributed by atoms with Crippen molar-refractivity contribution in [2.45, 2.75) is 0 Å². The molecule has 0 amide bonds. The van der Waals surface area contributed by atoms with Crippen molar-refractivity contribution < 1.29 is 0 Å². The van der Waals surface area contributed by atoms with Gasteiger partial charge in [0.1, 0.15) is 0 Å². The van der Waals surface area contributed by atoms with Gasteiger partial charge in [-0.05, 0) is 46.5 Å². The van der Waals surface area contributed by atoms with Gasteiger partial charge in [0, 0.05) is 42.1 Å². The van der Waals surface area contributed by atoms with Crippen LogP contribution in [-0.4, -0.2) is 14.5 Å². The molecule has 0 aliphatic carbocycles. The van der Waals surface area contributed by atoms with Crippen molar-refractivity contribution in [1.29, 1.82) is 0 Å². The molecule has 0 N–H and O–H groups in total. The highest BCUT2D eigenvalue weighted by Crippen LogP contribution is 2.43. The molecule has 10 rings (SSSR count). The summed E-state index contributed by atoms with van der Waals surface area (Å²) in [5, 5.41) is 5.03. The van der Waals surface area contributed by atoms with Crippen LogP contribution in [0.15, 0.2) is 176 Å². The van der Waals surface area contributed by atoms with Crippen molar-refractivity contribution in [1.82, 2.24) is 14.5 Å². The minimum atomic E-state index is 0.656. The quantitative estimate of drug-likeness (QED) is 0.185. The second-order valence-corrected chi connectivity index (χ2v) is 13.7. The fourth-order valence-electron chi connectivity index (χ4n) is 7.21. The summed E-state index contributed by atoms with van der Waals surface area (Å²) in [5.74, 6) is 0.656. The lowest BCUT2D eigenvalue weighted by Crippen LogP contribution is -2.04. The molecule has 3 heterocycles. The Bertz CT molecular complexity index is 2730. The highest BCUT2D eigenvalue weighted by molar-refractivity contribution is 7.26. The van der Waals surface area contributed by atoms with Crippen molar-refractivity contribution in [3.8, 4) is 50.7 Å². The van der Waals surface area contributed by atoms with E-state index < -0.39 is 0 Å². The number of benzene rings is 7. The maximum atomic E-state index is 5.32. The number of hydrogen-bond acceptors (Lipinski definition) is 3. The molecule has 0 unspecified atom stereocenters. The molecule has 50 heavy (non-hydrogen) atoms. The van der Waals surface area contributed by atoms with Gasteiger partial charge >= 0.3 is 0 Å². The van der Waals surface area contributed by atoms with Crippen molar-refractivity contribution in [2.75, 3.05) is 0 Å². The highest BCUT2D eigenvalue weighted by Gasteiger charge is 2.20. The Morgan fingerprint density at radius 2 is 0.880 bits per heavy atom. The summed E-state index contributed by atoms with van der Waals surface area (Å²) in [6, 6.07) is 62.4. The van der Waals surface area contributed by atoms with Crippen molar-refractivity contribution in [3.05, 3.63) is 176 Å². The first-order valence-electron chi connectivity index (χ1n) is 16.8. The third kappa shape index (κ3) is 4.73. The van der Waals surface area contributed by atoms with E-state index in [4.69, 9.17) is 9.97 Å². The van der Waals surface area contributed by atoms with Crippen molar-refractivity contribution in [3.63, 3.8) is 0 Å². The van der Waals surface area contributed by atoms with E-state index in [2.05, 4.69) is 180 Å². The van der Waals surface area contributed by atoms with E-state index in [9.17, 15) is 0 Å². The molecule has 7 aromatic carbocycles. The first-order chi connectivity index (χ1) is 24.8. The van der Waals surface area contributed by atoms with E-state index in [1.807, 2.05) is 11.3 Å². The van der Waals surface area contributed by atoms with Crippen LogP contribution in [0.4, 0.5) is 0 Å². The number of nitrogens with zero attached hydrogens (tertiary/aromatic N) is 3. The molecular weight excluding hydrogens is 627 g/mol. The zero-order valence-electron chi connectivity index (χ0n) is 27.0. The van der Waals surface area contributed by atoms with Crippen LogP contribution >= 0.6 is 11.3 Å². The molecule has 0 spiro atoms. The fraction of sp³-hybridized carbons (Fsp3) is 0. The zero-order valence-corrected chi connectivity index (χ0v) is 27.8. The Kier molecular flexibility index (Phi) is 6.68. The largest absolute Gasteiger partial charge is 0.278 e. The molecule has 0 aliphatic rings. The van der Waals surface area contributed by atoms with E-state index in [-0.39, 0.29) is 0 Å². The lowest BCUT2D eigenvalue weighted by Gasteiger charge is -2.12. The molecule has 0 saturated heterocycles. The third-order valence-corrected chi connectivity index (χ3v) is 10.9. The lowest BCUT2D eigenvalue weighted by molar-refractivity contribution is 0.996. The molecule has 3 nitrogen and oxygen atoms in total. The van der Waals surface area contributed by atoms with Crippen LogP contribution < -0.4 is 0 Å². The summed E-state index contributed by atoms with van der Waals surface area (Å²) >= 11 is 1.86. The smallest absolute Gasteiger partial charge is 0.235 e. The average molecular weight is 656 g/mol. The number of thiophene rings is 1. The lowest BCUT2D eigenvalue weighted by atomic mass is 10.0. The molecule has 0 bridgehead atoms. The van der Waals surface area contributed by atoms with Crippen LogP contribution in [-0.2, 0) is 0 Å². The summed E-state index contributed by atoms with van der Waals surface area (Å²) in [4.78, 5) is 10.6. The Morgan fingerprint density at radius 1 is 0.380 bits per heavy atom. The van der Waals surface area contributed by atoms with Crippen molar-refractivity contribution in [2.24, 2.45) is 0 Å². The maximum Gasteiger partial charge on any atom is 0.235 e. The van der Waals surface area contributed by atoms with Crippen molar-refractivity contribution >= 4 is 53.3 Å². The molecule has 0 atom stereocenters. The van der Waals surface area contributed by atoms with Gasteiger partial charge in [-0.2, -0.15) is 0 Å². The second-order valence-electron chi connectivity index (χ2n) is 12.6. The minimum Gasteiger partial charge on any atom is -0.278 e. The van der Waals surface area contributed by atoms with Gasteiger partial charge in [-0.25, -0.2) is 9.97 Å².